The van der Waals surface area contributed by atoms with E-state index in [1.54, 1.807) is 19.2 Å². The number of aliphatic imine (C=N–C) groups is 1. The number of hydrogen-bond acceptors (Lipinski definition) is 3. The van der Waals surface area contributed by atoms with Crippen molar-refractivity contribution in [2.45, 2.75) is 6.42 Å². The van der Waals surface area contributed by atoms with E-state index in [9.17, 15) is 0 Å². The monoisotopic (exact) mass is 343 g/mol. The first kappa shape index (κ1) is 16.1. The Balaban J connectivity index is 1.58. The van der Waals surface area contributed by atoms with Crippen molar-refractivity contribution in [3.05, 3.63) is 59.5 Å². The van der Waals surface area contributed by atoms with E-state index in [0.717, 1.165) is 17.0 Å². The lowest BCUT2D eigenvalue weighted by molar-refractivity contribution is 0.415. The molecular formula is C17H18ClN5O. The van der Waals surface area contributed by atoms with E-state index in [2.05, 4.69) is 15.3 Å². The highest BCUT2D eigenvalue weighted by atomic mass is 35.5. The van der Waals surface area contributed by atoms with Crippen LogP contribution in [0.2, 0.25) is 5.02 Å². The van der Waals surface area contributed by atoms with Crippen LogP contribution in [0.15, 0.2) is 53.8 Å². The van der Waals surface area contributed by atoms with Crippen LogP contribution in [0.4, 0.5) is 5.69 Å². The number of imidazole rings is 1. The van der Waals surface area contributed by atoms with E-state index in [4.69, 9.17) is 22.1 Å². The van der Waals surface area contributed by atoms with Crippen LogP contribution in [0, 0.1) is 0 Å². The largest absolute Gasteiger partial charge is 0.495 e. The summed E-state index contributed by atoms with van der Waals surface area (Å²) in [6.07, 6.45) is 4.68. The fourth-order valence-electron chi connectivity index (χ4n) is 2.33. The minimum Gasteiger partial charge on any atom is -0.495 e. The zero-order valence-electron chi connectivity index (χ0n) is 13.2. The number of anilines is 1. The highest BCUT2D eigenvalue weighted by Crippen LogP contribution is 2.26. The van der Waals surface area contributed by atoms with E-state index >= 15 is 0 Å². The number of pyridine rings is 1. The van der Waals surface area contributed by atoms with Gasteiger partial charge in [0.1, 0.15) is 11.4 Å². The smallest absolute Gasteiger partial charge is 0.193 e. The Labute approximate surface area is 144 Å². The Morgan fingerprint density at radius 1 is 1.38 bits per heavy atom. The second-order valence-electron chi connectivity index (χ2n) is 5.19. The molecule has 0 aliphatic heterocycles. The third-order valence-electron chi connectivity index (χ3n) is 3.49. The number of aromatic nitrogens is 2. The number of halogens is 1. The van der Waals surface area contributed by atoms with Crippen LogP contribution in [0.5, 0.6) is 5.75 Å². The van der Waals surface area contributed by atoms with E-state index in [1.165, 1.54) is 0 Å². The molecule has 0 fully saturated rings. The van der Waals surface area contributed by atoms with Crippen LogP contribution in [-0.4, -0.2) is 29.0 Å². The minimum atomic E-state index is 0.333. The van der Waals surface area contributed by atoms with Gasteiger partial charge >= 0.3 is 0 Å². The lowest BCUT2D eigenvalue weighted by atomic mass is 10.3. The molecule has 3 rings (SSSR count). The average Bonchev–Trinajstić information content (AvgIpc) is 2.97. The average molecular weight is 344 g/mol. The summed E-state index contributed by atoms with van der Waals surface area (Å²) < 4.78 is 7.10. The van der Waals surface area contributed by atoms with Gasteiger partial charge in [-0.15, -0.1) is 0 Å². The van der Waals surface area contributed by atoms with Crippen molar-refractivity contribution in [1.29, 1.82) is 0 Å². The highest BCUT2D eigenvalue weighted by Gasteiger charge is 2.03. The number of nitrogens with zero attached hydrogens (tertiary/aromatic N) is 3. The molecule has 0 bridgehead atoms. The van der Waals surface area contributed by atoms with Gasteiger partial charge in [-0.05, 0) is 30.3 Å². The van der Waals surface area contributed by atoms with Gasteiger partial charge in [0.15, 0.2) is 5.96 Å². The summed E-state index contributed by atoms with van der Waals surface area (Å²) in [6, 6.07) is 11.2. The molecule has 7 heteroatoms. The molecule has 2 aromatic heterocycles. The highest BCUT2D eigenvalue weighted by molar-refractivity contribution is 6.32. The Bertz CT molecular complexity index is 841. The molecule has 0 unspecified atom stereocenters. The molecule has 0 atom stereocenters. The van der Waals surface area contributed by atoms with E-state index in [0.29, 0.717) is 29.7 Å². The second-order valence-corrected chi connectivity index (χ2v) is 5.60. The van der Waals surface area contributed by atoms with Crippen molar-refractivity contribution < 1.29 is 4.74 Å². The Kier molecular flexibility index (Phi) is 4.86. The number of rotatable bonds is 5. The van der Waals surface area contributed by atoms with E-state index in [-0.39, 0.29) is 0 Å². The normalized spacial score (nSPS) is 11.7. The number of benzene rings is 1. The summed E-state index contributed by atoms with van der Waals surface area (Å²) in [6.45, 7) is 0.548. The van der Waals surface area contributed by atoms with Gasteiger partial charge in [0, 0.05) is 31.0 Å². The molecule has 6 nitrogen and oxygen atoms in total. The van der Waals surface area contributed by atoms with Crippen molar-refractivity contribution in [3.8, 4) is 5.75 Å². The molecular weight excluding hydrogens is 326 g/mol. The molecule has 0 aliphatic carbocycles. The summed E-state index contributed by atoms with van der Waals surface area (Å²) >= 11 is 6.08. The van der Waals surface area contributed by atoms with Gasteiger partial charge in [-0.2, -0.15) is 0 Å². The van der Waals surface area contributed by atoms with Crippen LogP contribution in [0.25, 0.3) is 5.65 Å². The first-order valence-corrected chi connectivity index (χ1v) is 7.86. The van der Waals surface area contributed by atoms with Crippen molar-refractivity contribution in [1.82, 2.24) is 9.38 Å². The lowest BCUT2D eigenvalue weighted by Gasteiger charge is -2.08. The van der Waals surface area contributed by atoms with Crippen LogP contribution < -0.4 is 15.8 Å². The Morgan fingerprint density at radius 3 is 3.00 bits per heavy atom. The van der Waals surface area contributed by atoms with Crippen LogP contribution in [0.3, 0.4) is 0 Å². The number of nitrogens with one attached hydrogen (secondary N) is 1. The summed E-state index contributed by atoms with van der Waals surface area (Å²) in [4.78, 5) is 8.84. The number of ether oxygens (including phenoxy) is 1. The predicted octanol–water partition coefficient (Wildman–Crippen LogP) is 2.97. The van der Waals surface area contributed by atoms with Gasteiger partial charge in [-0.25, -0.2) is 4.98 Å². The zero-order valence-corrected chi connectivity index (χ0v) is 14.0. The topological polar surface area (TPSA) is 76.9 Å². The fourth-order valence-corrected chi connectivity index (χ4v) is 2.59. The molecule has 3 aromatic rings. The molecule has 0 spiro atoms. The van der Waals surface area contributed by atoms with Gasteiger partial charge in [0.2, 0.25) is 0 Å². The zero-order chi connectivity index (χ0) is 16.9. The maximum absolute atomic E-state index is 6.08. The fraction of sp³-hybridized carbons (Fsp3) is 0.176. The van der Waals surface area contributed by atoms with Crippen molar-refractivity contribution in [2.24, 2.45) is 10.7 Å². The first-order chi connectivity index (χ1) is 11.7. The molecule has 0 aliphatic rings. The van der Waals surface area contributed by atoms with E-state index in [1.807, 2.05) is 41.1 Å². The number of hydrogen-bond donors (Lipinski definition) is 2. The molecule has 124 valence electrons. The molecule has 24 heavy (non-hydrogen) atoms. The summed E-state index contributed by atoms with van der Waals surface area (Å²) in [5.74, 6) is 0.949. The molecule has 0 amide bonds. The Hall–Kier alpha value is -2.73. The van der Waals surface area contributed by atoms with Gasteiger partial charge in [-0.3, -0.25) is 4.99 Å². The minimum absolute atomic E-state index is 0.333. The van der Waals surface area contributed by atoms with Crippen molar-refractivity contribution >= 4 is 28.9 Å². The van der Waals surface area contributed by atoms with Crippen LogP contribution in [0.1, 0.15) is 5.69 Å². The molecule has 1 aromatic carbocycles. The van der Waals surface area contributed by atoms with Crippen LogP contribution in [-0.2, 0) is 6.42 Å². The summed E-state index contributed by atoms with van der Waals surface area (Å²) in [5, 5.41) is 3.52. The van der Waals surface area contributed by atoms with Gasteiger partial charge in [0.05, 0.1) is 17.8 Å². The maximum atomic E-state index is 6.08. The first-order valence-electron chi connectivity index (χ1n) is 7.49. The molecule has 0 radical (unpaired) electrons. The van der Waals surface area contributed by atoms with Gasteiger partial charge < -0.3 is 20.2 Å². The second kappa shape index (κ2) is 7.23. The molecule has 0 saturated carbocycles. The van der Waals surface area contributed by atoms with Crippen molar-refractivity contribution in [3.63, 3.8) is 0 Å². The predicted molar refractivity (Wildman–Crippen MR) is 97.0 cm³/mol. The SMILES string of the molecule is COc1ccc(NC(N)=NCCc2cn3ccccc3n2)cc1Cl. The third-order valence-corrected chi connectivity index (χ3v) is 3.78. The quantitative estimate of drug-likeness (QED) is 0.551. The van der Waals surface area contributed by atoms with Crippen LogP contribution >= 0.6 is 11.6 Å². The number of guanidine groups is 1. The standard InChI is InChI=1S/C17H18ClN5O/c1-24-15-6-5-12(10-14(15)18)22-17(19)20-8-7-13-11-23-9-3-2-4-16(23)21-13/h2-6,9-11H,7-8H2,1H3,(H3,19,20,22). The number of fused-ring (bicyclic) bond motifs is 1. The summed E-state index contributed by atoms with van der Waals surface area (Å²) in [7, 11) is 1.57. The van der Waals surface area contributed by atoms with Gasteiger partial charge in [-0.1, -0.05) is 17.7 Å². The summed E-state index contributed by atoms with van der Waals surface area (Å²) in [5.41, 5.74) is 8.57. The molecule has 3 N–H and O–H groups in total. The third kappa shape index (κ3) is 3.78. The van der Waals surface area contributed by atoms with Gasteiger partial charge in [0.25, 0.3) is 0 Å². The van der Waals surface area contributed by atoms with E-state index < -0.39 is 0 Å². The van der Waals surface area contributed by atoms with Crippen molar-refractivity contribution in [2.75, 3.05) is 19.0 Å². The lowest BCUT2D eigenvalue weighted by Crippen LogP contribution is -2.23. The number of nitrogens with two attached hydrogens (primary N) is 1. The number of methoxy groups -OCH3 is 1. The molecule has 2 heterocycles. The molecule has 0 saturated heterocycles. The maximum Gasteiger partial charge on any atom is 0.193 e. The Morgan fingerprint density at radius 2 is 2.25 bits per heavy atom.